The standard InChI is InChI=1S/C45H62O4Si/c1-30(29-47-32(3)46)19-22-40-31(2)42-41(48-40)28-39-37-21-20-33-27-34(23-25-44(33,7)38(37)24-26-45(39,42)8)49-50(43(4,5)6,35-15-11-9-12-16-35)36-17-13-10-14-18-36/h9-18,20,30,34,37-39,41-42H,19,21-29H2,1-8H3/t30-,34-,37+,38-,39-,41?,42?,44-,45-/m0/s1. The second kappa shape index (κ2) is 13.4. The number of ether oxygens (including phenoxy) is 2. The lowest BCUT2D eigenvalue weighted by Crippen LogP contribution is -2.68. The Hall–Kier alpha value is -2.63. The van der Waals surface area contributed by atoms with Crippen molar-refractivity contribution < 1.29 is 18.7 Å². The predicted octanol–water partition coefficient (Wildman–Crippen LogP) is 9.77. The zero-order valence-electron chi connectivity index (χ0n) is 32.1. The number of carbonyl (C=O) groups excluding carboxylic acids is 1. The molecule has 0 aromatic heterocycles. The first-order valence-electron chi connectivity index (χ1n) is 19.8. The highest BCUT2D eigenvalue weighted by Crippen LogP contribution is 2.69. The summed E-state index contributed by atoms with van der Waals surface area (Å²) in [6.45, 7) is 19.0. The van der Waals surface area contributed by atoms with Crippen LogP contribution in [0.15, 0.2) is 83.6 Å². The molecule has 270 valence electrons. The molecule has 3 fully saturated rings. The van der Waals surface area contributed by atoms with Crippen LogP contribution in [0.3, 0.4) is 0 Å². The quantitative estimate of drug-likeness (QED) is 0.149. The third-order valence-corrected chi connectivity index (χ3v) is 19.6. The molecule has 4 nitrogen and oxygen atoms in total. The Kier molecular flexibility index (Phi) is 9.59. The minimum Gasteiger partial charge on any atom is -0.494 e. The maximum absolute atomic E-state index is 11.3. The van der Waals surface area contributed by atoms with Crippen LogP contribution in [0.2, 0.25) is 5.04 Å². The molecule has 50 heavy (non-hydrogen) atoms. The molecule has 0 bridgehead atoms. The lowest BCUT2D eigenvalue weighted by atomic mass is 9.47. The van der Waals surface area contributed by atoms with Gasteiger partial charge >= 0.3 is 5.97 Å². The van der Waals surface area contributed by atoms with E-state index in [1.807, 2.05) is 0 Å². The van der Waals surface area contributed by atoms with Gasteiger partial charge in [0.25, 0.3) is 8.32 Å². The van der Waals surface area contributed by atoms with Crippen molar-refractivity contribution in [3.05, 3.63) is 83.6 Å². The summed E-state index contributed by atoms with van der Waals surface area (Å²) in [6.07, 6.45) is 13.7. The number of benzene rings is 2. The van der Waals surface area contributed by atoms with E-state index < -0.39 is 8.32 Å². The molecule has 3 saturated carbocycles. The zero-order chi connectivity index (χ0) is 35.5. The Morgan fingerprint density at radius 1 is 0.980 bits per heavy atom. The Bertz CT molecular complexity index is 1570. The van der Waals surface area contributed by atoms with Crippen LogP contribution >= 0.6 is 0 Å². The maximum atomic E-state index is 11.3. The highest BCUT2D eigenvalue weighted by molar-refractivity contribution is 6.99. The van der Waals surface area contributed by atoms with Gasteiger partial charge in [0, 0.05) is 25.4 Å². The van der Waals surface area contributed by atoms with Crippen LogP contribution in [0.4, 0.5) is 0 Å². The van der Waals surface area contributed by atoms with Crippen molar-refractivity contribution in [2.75, 3.05) is 6.61 Å². The van der Waals surface area contributed by atoms with Crippen molar-refractivity contribution in [3.8, 4) is 0 Å². The minimum absolute atomic E-state index is 0.00642. The van der Waals surface area contributed by atoms with Gasteiger partial charge in [-0.3, -0.25) is 4.79 Å². The number of fused-ring (bicyclic) bond motifs is 7. The summed E-state index contributed by atoms with van der Waals surface area (Å²) >= 11 is 0. The van der Waals surface area contributed by atoms with Crippen molar-refractivity contribution in [3.63, 3.8) is 0 Å². The summed E-state index contributed by atoms with van der Waals surface area (Å²) in [4.78, 5) is 11.3. The van der Waals surface area contributed by atoms with Crippen LogP contribution in [0.25, 0.3) is 0 Å². The summed E-state index contributed by atoms with van der Waals surface area (Å²) in [5.74, 6) is 4.13. The van der Waals surface area contributed by atoms with Gasteiger partial charge in [-0.1, -0.05) is 114 Å². The van der Waals surface area contributed by atoms with E-state index in [1.54, 1.807) is 5.57 Å². The summed E-state index contributed by atoms with van der Waals surface area (Å²) in [5.41, 5.74) is 3.78. The Morgan fingerprint density at radius 2 is 1.64 bits per heavy atom. The highest BCUT2D eigenvalue weighted by Gasteiger charge is 2.64. The van der Waals surface area contributed by atoms with E-state index in [-0.39, 0.29) is 22.5 Å². The molecular weight excluding hydrogens is 633 g/mol. The normalized spacial score (nSPS) is 34.1. The van der Waals surface area contributed by atoms with Crippen molar-refractivity contribution >= 4 is 24.7 Å². The molecule has 0 saturated heterocycles. The fraction of sp³-hybridized carbons (Fsp3) is 0.622. The smallest absolute Gasteiger partial charge is 0.302 e. The summed E-state index contributed by atoms with van der Waals surface area (Å²) in [7, 11) is -2.59. The van der Waals surface area contributed by atoms with Crippen LogP contribution < -0.4 is 10.4 Å². The average molecular weight is 695 g/mol. The summed E-state index contributed by atoms with van der Waals surface area (Å²) in [6, 6.07) is 22.4. The van der Waals surface area contributed by atoms with E-state index in [9.17, 15) is 4.79 Å². The molecule has 2 aromatic carbocycles. The van der Waals surface area contributed by atoms with Gasteiger partial charge in [0.2, 0.25) is 0 Å². The number of carbonyl (C=O) groups is 1. The van der Waals surface area contributed by atoms with E-state index in [4.69, 9.17) is 13.9 Å². The third kappa shape index (κ3) is 5.96. The molecule has 7 rings (SSSR count). The van der Waals surface area contributed by atoms with Crippen molar-refractivity contribution in [2.24, 2.45) is 40.4 Å². The fourth-order valence-electron chi connectivity index (χ4n) is 12.0. The number of hydrogen-bond donors (Lipinski definition) is 0. The number of rotatable bonds is 9. The molecule has 9 atom stereocenters. The van der Waals surface area contributed by atoms with Crippen LogP contribution in [0.1, 0.15) is 113 Å². The fourth-order valence-corrected chi connectivity index (χ4v) is 16.7. The number of esters is 1. The molecule has 2 unspecified atom stereocenters. The molecule has 0 amide bonds. The zero-order valence-corrected chi connectivity index (χ0v) is 33.1. The Balaban J connectivity index is 1.09. The SMILES string of the molecule is CC(=O)OC[C@@H](C)CCC1=C(C)C2C(C[C@H]3[C@@H]4CC=C5C[C@@H](O[Si](c6ccccc6)(c6ccccc6)C(C)(C)C)CC[C@]5(C)[C@H]4CC[C@]23C)O1. The molecule has 1 heterocycles. The lowest BCUT2D eigenvalue weighted by Gasteiger charge is -2.58. The largest absolute Gasteiger partial charge is 0.494 e. The Labute approximate surface area is 303 Å². The monoisotopic (exact) mass is 694 g/mol. The second-order valence-electron chi connectivity index (χ2n) is 18.4. The van der Waals surface area contributed by atoms with E-state index in [0.717, 1.165) is 43.4 Å². The van der Waals surface area contributed by atoms with Crippen molar-refractivity contribution in [1.82, 2.24) is 0 Å². The molecule has 0 radical (unpaired) electrons. The van der Waals surface area contributed by atoms with E-state index in [2.05, 4.69) is 115 Å². The van der Waals surface area contributed by atoms with Gasteiger partial charge in [-0.15, -0.1) is 0 Å². The maximum Gasteiger partial charge on any atom is 0.302 e. The molecule has 1 aliphatic heterocycles. The van der Waals surface area contributed by atoms with Crippen molar-refractivity contribution in [2.45, 2.75) is 130 Å². The topological polar surface area (TPSA) is 44.8 Å². The van der Waals surface area contributed by atoms with Gasteiger partial charge in [0.15, 0.2) is 0 Å². The first-order chi connectivity index (χ1) is 23.8. The third-order valence-electron chi connectivity index (χ3n) is 14.5. The molecule has 0 N–H and O–H groups in total. The first-order valence-corrected chi connectivity index (χ1v) is 21.7. The van der Waals surface area contributed by atoms with Gasteiger partial charge in [0.1, 0.15) is 6.10 Å². The van der Waals surface area contributed by atoms with Crippen LogP contribution in [-0.2, 0) is 18.7 Å². The van der Waals surface area contributed by atoms with Gasteiger partial charge in [-0.25, -0.2) is 0 Å². The number of allylic oxidation sites excluding steroid dienone is 2. The molecule has 0 spiro atoms. The van der Waals surface area contributed by atoms with Gasteiger partial charge < -0.3 is 13.9 Å². The minimum atomic E-state index is -2.59. The molecule has 5 heteroatoms. The van der Waals surface area contributed by atoms with E-state index >= 15 is 0 Å². The second-order valence-corrected chi connectivity index (χ2v) is 22.6. The Morgan fingerprint density at radius 3 is 2.26 bits per heavy atom. The summed E-state index contributed by atoms with van der Waals surface area (Å²) < 4.78 is 19.8. The van der Waals surface area contributed by atoms with E-state index in [1.165, 1.54) is 60.7 Å². The molecular formula is C45H62O4Si. The van der Waals surface area contributed by atoms with Crippen LogP contribution in [0, 0.1) is 40.4 Å². The predicted molar refractivity (Wildman–Crippen MR) is 206 cm³/mol. The van der Waals surface area contributed by atoms with Crippen molar-refractivity contribution in [1.29, 1.82) is 0 Å². The molecule has 2 aromatic rings. The van der Waals surface area contributed by atoms with Crippen LogP contribution in [-0.4, -0.2) is 33.1 Å². The number of hydrogen-bond acceptors (Lipinski definition) is 4. The highest BCUT2D eigenvalue weighted by atomic mass is 28.4. The lowest BCUT2D eigenvalue weighted by molar-refractivity contribution is -0.142. The molecule has 5 aliphatic rings. The van der Waals surface area contributed by atoms with Gasteiger partial charge in [-0.05, 0) is 114 Å². The molecule has 4 aliphatic carbocycles. The van der Waals surface area contributed by atoms with Gasteiger partial charge in [0.05, 0.1) is 12.4 Å². The average Bonchev–Trinajstić information content (AvgIpc) is 3.57. The van der Waals surface area contributed by atoms with Gasteiger partial charge in [-0.2, -0.15) is 0 Å². The van der Waals surface area contributed by atoms with E-state index in [0.29, 0.717) is 30.0 Å². The first kappa shape index (κ1) is 35.8. The van der Waals surface area contributed by atoms with Crippen LogP contribution in [0.5, 0.6) is 0 Å². The summed E-state index contributed by atoms with van der Waals surface area (Å²) in [5, 5.41) is 2.76.